The van der Waals surface area contributed by atoms with Crippen molar-refractivity contribution in [2.75, 3.05) is 79.2 Å². The van der Waals surface area contributed by atoms with Crippen LogP contribution in [0.1, 0.15) is 77.3 Å². The molecule has 0 fully saturated rings. The molecule has 0 bridgehead atoms. The Kier molecular flexibility index (Phi) is 25.3. The van der Waals surface area contributed by atoms with Crippen LogP contribution in [0.3, 0.4) is 0 Å². The minimum absolute atomic E-state index is 0.162. The molecular weight excluding hydrogens is 504 g/mol. The third-order valence-corrected chi connectivity index (χ3v) is 5.69. The van der Waals surface area contributed by atoms with Gasteiger partial charge in [0.1, 0.15) is 5.69 Å². The molecule has 0 aromatic carbocycles. The Bertz CT molecular complexity index is 664. The third-order valence-electron chi connectivity index (χ3n) is 5.69. The van der Waals surface area contributed by atoms with E-state index >= 15 is 0 Å². The van der Waals surface area contributed by atoms with Crippen molar-refractivity contribution in [1.82, 2.24) is 20.3 Å². The van der Waals surface area contributed by atoms with Crippen LogP contribution >= 0.6 is 0 Å². The number of hydrogen-bond donors (Lipinski definition) is 1. The molecule has 0 saturated heterocycles. The van der Waals surface area contributed by atoms with Crippen molar-refractivity contribution in [2.45, 2.75) is 84.8 Å². The summed E-state index contributed by atoms with van der Waals surface area (Å²) in [6.45, 7) is 12.5. The summed E-state index contributed by atoms with van der Waals surface area (Å²) in [5.74, 6) is 0.162. The van der Waals surface area contributed by atoms with Gasteiger partial charge in [0.2, 0.25) is 5.91 Å². The van der Waals surface area contributed by atoms with Crippen LogP contribution in [-0.4, -0.2) is 100 Å². The summed E-state index contributed by atoms with van der Waals surface area (Å²) in [5, 5.41) is 11.3. The number of unbranched alkanes of at least 4 members (excludes halogenated alkanes) is 5. The Morgan fingerprint density at radius 3 is 1.85 bits per heavy atom. The number of amides is 1. The van der Waals surface area contributed by atoms with Crippen LogP contribution < -0.4 is 5.32 Å². The van der Waals surface area contributed by atoms with Crippen molar-refractivity contribution in [3.63, 3.8) is 0 Å². The molecule has 0 aliphatic heterocycles. The molecule has 1 N–H and O–H groups in total. The fourth-order valence-corrected chi connectivity index (χ4v) is 3.54. The number of carbonyl (C=O) groups is 1. The maximum absolute atomic E-state index is 11.8. The highest BCUT2D eigenvalue weighted by molar-refractivity contribution is 5.75. The largest absolute Gasteiger partial charge is 0.379 e. The van der Waals surface area contributed by atoms with E-state index in [0.717, 1.165) is 57.5 Å². The highest BCUT2D eigenvalue weighted by atomic mass is 16.6. The Balaban J connectivity index is 1.83. The van der Waals surface area contributed by atoms with E-state index in [1.165, 1.54) is 19.3 Å². The molecule has 0 unspecified atom stereocenters. The maximum Gasteiger partial charge on any atom is 0.219 e. The molecule has 1 aromatic heterocycles. The topological polar surface area (TPSA) is 115 Å². The molecule has 0 spiro atoms. The summed E-state index contributed by atoms with van der Waals surface area (Å²) < 4.78 is 34.6. The van der Waals surface area contributed by atoms with Gasteiger partial charge < -0.3 is 33.7 Å². The van der Waals surface area contributed by atoms with Gasteiger partial charge in [0.15, 0.2) is 0 Å². The zero-order chi connectivity index (χ0) is 28.1. The van der Waals surface area contributed by atoms with Crippen LogP contribution in [0.15, 0.2) is 6.20 Å². The van der Waals surface area contributed by atoms with Crippen LogP contribution in [0, 0.1) is 0 Å². The summed E-state index contributed by atoms with van der Waals surface area (Å²) in [6.07, 6.45) is 11.1. The van der Waals surface area contributed by atoms with Crippen LogP contribution in [0.2, 0.25) is 0 Å². The Morgan fingerprint density at radius 1 is 0.692 bits per heavy atom. The number of hydrogen-bond acceptors (Lipinski definition) is 9. The molecule has 0 aliphatic rings. The van der Waals surface area contributed by atoms with Gasteiger partial charge in [-0.3, -0.25) is 9.48 Å². The average molecular weight is 559 g/mol. The number of nitrogens with one attached hydrogen (secondary N) is 1. The molecule has 0 saturated carbocycles. The van der Waals surface area contributed by atoms with Crippen molar-refractivity contribution in [3.05, 3.63) is 11.9 Å². The second-order valence-corrected chi connectivity index (χ2v) is 9.31. The normalized spacial score (nSPS) is 11.3. The predicted octanol–water partition coefficient (Wildman–Crippen LogP) is 3.54. The molecule has 228 valence electrons. The number of ether oxygens (including phenoxy) is 6. The van der Waals surface area contributed by atoms with E-state index in [4.69, 9.17) is 28.4 Å². The first-order valence-electron chi connectivity index (χ1n) is 14.9. The molecule has 39 heavy (non-hydrogen) atoms. The lowest BCUT2D eigenvalue weighted by Crippen LogP contribution is -2.23. The SMILES string of the molecule is CCCCCCNC(=O)CCCCCn1cc(COCCOCCOCCOCCOCCOCCC)nn1. The van der Waals surface area contributed by atoms with Crippen LogP contribution in [0.25, 0.3) is 0 Å². The molecule has 1 heterocycles. The zero-order valence-electron chi connectivity index (χ0n) is 24.5. The van der Waals surface area contributed by atoms with Crippen molar-refractivity contribution >= 4 is 5.91 Å². The minimum Gasteiger partial charge on any atom is -0.379 e. The highest BCUT2D eigenvalue weighted by Gasteiger charge is 2.03. The fourth-order valence-electron chi connectivity index (χ4n) is 3.54. The average Bonchev–Trinajstić information content (AvgIpc) is 3.39. The molecule has 0 atom stereocenters. The molecule has 0 radical (unpaired) electrons. The fraction of sp³-hybridized carbons (Fsp3) is 0.893. The van der Waals surface area contributed by atoms with Gasteiger partial charge in [-0.25, -0.2) is 0 Å². The summed E-state index contributed by atoms with van der Waals surface area (Å²) in [6, 6.07) is 0. The number of aryl methyl sites for hydroxylation is 1. The standard InChI is InChI=1S/C28H54N4O7/c1-3-5-6-9-12-29-28(33)11-8-7-10-13-32-25-27(30-31-32)26-39-24-23-38-22-21-37-20-19-36-18-17-35-16-15-34-14-4-2/h25H,3-24,26H2,1-2H3,(H,29,33). The monoisotopic (exact) mass is 558 g/mol. The van der Waals surface area contributed by atoms with Gasteiger partial charge >= 0.3 is 0 Å². The summed E-state index contributed by atoms with van der Waals surface area (Å²) in [4.78, 5) is 11.8. The van der Waals surface area contributed by atoms with Gasteiger partial charge in [-0.2, -0.15) is 0 Å². The van der Waals surface area contributed by atoms with Gasteiger partial charge in [0, 0.05) is 26.1 Å². The summed E-state index contributed by atoms with van der Waals surface area (Å²) in [5.41, 5.74) is 0.802. The molecule has 11 heteroatoms. The van der Waals surface area contributed by atoms with Gasteiger partial charge in [-0.15, -0.1) is 5.10 Å². The first-order chi connectivity index (χ1) is 19.3. The maximum atomic E-state index is 11.8. The van der Waals surface area contributed by atoms with E-state index in [-0.39, 0.29) is 5.91 Å². The second kappa shape index (κ2) is 27.9. The zero-order valence-corrected chi connectivity index (χ0v) is 24.5. The van der Waals surface area contributed by atoms with Crippen molar-refractivity contribution in [1.29, 1.82) is 0 Å². The Morgan fingerprint density at radius 2 is 1.26 bits per heavy atom. The van der Waals surface area contributed by atoms with Gasteiger partial charge in [0.05, 0.1) is 78.9 Å². The highest BCUT2D eigenvalue weighted by Crippen LogP contribution is 2.04. The smallest absolute Gasteiger partial charge is 0.219 e. The lowest BCUT2D eigenvalue weighted by molar-refractivity contribution is -0.121. The number of carbonyl (C=O) groups excluding carboxylic acids is 1. The van der Waals surface area contributed by atoms with E-state index in [1.54, 1.807) is 0 Å². The van der Waals surface area contributed by atoms with Crippen molar-refractivity contribution in [2.24, 2.45) is 0 Å². The van der Waals surface area contributed by atoms with E-state index in [0.29, 0.717) is 79.1 Å². The molecule has 1 amide bonds. The molecule has 0 aliphatic carbocycles. The number of nitrogens with zero attached hydrogens (tertiary/aromatic N) is 3. The predicted molar refractivity (Wildman–Crippen MR) is 150 cm³/mol. The third kappa shape index (κ3) is 23.9. The van der Waals surface area contributed by atoms with Crippen molar-refractivity contribution < 1.29 is 33.2 Å². The van der Waals surface area contributed by atoms with Crippen LogP contribution in [0.4, 0.5) is 0 Å². The second-order valence-electron chi connectivity index (χ2n) is 9.31. The molecule has 1 rings (SSSR count). The Hall–Kier alpha value is -1.63. The summed E-state index contributed by atoms with van der Waals surface area (Å²) >= 11 is 0. The van der Waals surface area contributed by atoms with Gasteiger partial charge in [-0.05, 0) is 25.7 Å². The first kappa shape index (κ1) is 35.4. The lowest BCUT2D eigenvalue weighted by atomic mass is 10.2. The molecule has 1 aromatic rings. The number of rotatable bonds is 30. The molecular formula is C28H54N4O7. The summed E-state index contributed by atoms with van der Waals surface area (Å²) in [7, 11) is 0. The van der Waals surface area contributed by atoms with Crippen molar-refractivity contribution in [3.8, 4) is 0 Å². The van der Waals surface area contributed by atoms with Crippen LogP contribution in [0.5, 0.6) is 0 Å². The van der Waals surface area contributed by atoms with E-state index in [1.807, 2.05) is 10.9 Å². The van der Waals surface area contributed by atoms with Gasteiger partial charge in [0.25, 0.3) is 0 Å². The quantitative estimate of drug-likeness (QED) is 0.142. The van der Waals surface area contributed by atoms with E-state index in [2.05, 4.69) is 29.5 Å². The number of aromatic nitrogens is 3. The van der Waals surface area contributed by atoms with E-state index in [9.17, 15) is 4.79 Å². The Labute approximate surface area is 235 Å². The van der Waals surface area contributed by atoms with Crippen LogP contribution in [-0.2, 0) is 46.4 Å². The molecule has 11 nitrogen and oxygen atoms in total. The minimum atomic E-state index is 0.162. The van der Waals surface area contributed by atoms with E-state index < -0.39 is 0 Å². The lowest BCUT2D eigenvalue weighted by Gasteiger charge is -2.08. The first-order valence-corrected chi connectivity index (χ1v) is 14.9. The van der Waals surface area contributed by atoms with Gasteiger partial charge in [-0.1, -0.05) is 44.7 Å².